The average Bonchev–Trinajstić information content (AvgIpc) is 3.03. The van der Waals surface area contributed by atoms with Crippen molar-refractivity contribution in [1.82, 2.24) is 15.1 Å². The maximum atomic E-state index is 13.3. The average molecular weight is 480 g/mol. The Balaban J connectivity index is 1.78. The Morgan fingerprint density at radius 1 is 1.12 bits per heavy atom. The number of likely N-dealkylation sites (N-methyl/N-ethyl adjacent to an activating group) is 1. The fraction of sp³-hybridized carbons (Fsp3) is 0.478. The van der Waals surface area contributed by atoms with E-state index in [2.05, 4.69) is 5.32 Å². The van der Waals surface area contributed by atoms with Crippen LogP contribution in [0.2, 0.25) is 10.0 Å². The van der Waals surface area contributed by atoms with Crippen LogP contribution in [0.1, 0.15) is 38.2 Å². The summed E-state index contributed by atoms with van der Waals surface area (Å²) in [4.78, 5) is 53.8. The van der Waals surface area contributed by atoms with Crippen LogP contribution in [0, 0.1) is 11.8 Å². The molecule has 7 nitrogen and oxygen atoms in total. The van der Waals surface area contributed by atoms with E-state index in [0.29, 0.717) is 34.9 Å². The van der Waals surface area contributed by atoms with E-state index < -0.39 is 6.04 Å². The number of halogens is 2. The van der Waals surface area contributed by atoms with Gasteiger partial charge in [0.05, 0.1) is 11.8 Å². The second kappa shape index (κ2) is 10.5. The monoisotopic (exact) mass is 479 g/mol. The van der Waals surface area contributed by atoms with Gasteiger partial charge < -0.3 is 10.2 Å². The van der Waals surface area contributed by atoms with E-state index >= 15 is 0 Å². The van der Waals surface area contributed by atoms with Gasteiger partial charge in [0.1, 0.15) is 6.04 Å². The van der Waals surface area contributed by atoms with Crippen LogP contribution in [0.25, 0.3) is 0 Å². The number of amides is 4. The Labute approximate surface area is 197 Å². The minimum atomic E-state index is -0.739. The fourth-order valence-electron chi connectivity index (χ4n) is 4.38. The van der Waals surface area contributed by atoms with Gasteiger partial charge in [-0.2, -0.15) is 0 Å². The molecule has 172 valence electrons. The highest BCUT2D eigenvalue weighted by atomic mass is 35.5. The SMILES string of the molecule is CC[C@@H](C(=O)NC)N(Cc1c(Cl)cccc1Cl)C(=O)CCN1C(=O)[C@H]2CC=CC[C@H]2C1=O. The summed E-state index contributed by atoms with van der Waals surface area (Å²) in [5, 5.41) is 3.37. The van der Waals surface area contributed by atoms with Crippen molar-refractivity contribution in [3.63, 3.8) is 0 Å². The molecule has 32 heavy (non-hydrogen) atoms. The summed E-state index contributed by atoms with van der Waals surface area (Å²) in [7, 11) is 1.51. The van der Waals surface area contributed by atoms with Crippen LogP contribution < -0.4 is 5.32 Å². The van der Waals surface area contributed by atoms with Crippen molar-refractivity contribution in [2.24, 2.45) is 11.8 Å². The smallest absolute Gasteiger partial charge is 0.242 e. The lowest BCUT2D eigenvalue weighted by atomic mass is 9.85. The molecule has 1 fully saturated rings. The van der Waals surface area contributed by atoms with Crippen molar-refractivity contribution in [2.75, 3.05) is 13.6 Å². The van der Waals surface area contributed by atoms with Crippen molar-refractivity contribution < 1.29 is 19.2 Å². The van der Waals surface area contributed by atoms with E-state index in [1.807, 2.05) is 12.2 Å². The maximum Gasteiger partial charge on any atom is 0.242 e. The predicted molar refractivity (Wildman–Crippen MR) is 122 cm³/mol. The molecule has 0 spiro atoms. The Morgan fingerprint density at radius 2 is 1.69 bits per heavy atom. The van der Waals surface area contributed by atoms with Gasteiger partial charge in [0, 0.05) is 42.2 Å². The molecule has 2 aliphatic rings. The van der Waals surface area contributed by atoms with Crippen molar-refractivity contribution in [1.29, 1.82) is 0 Å². The molecule has 9 heteroatoms. The van der Waals surface area contributed by atoms with E-state index in [9.17, 15) is 19.2 Å². The highest BCUT2D eigenvalue weighted by molar-refractivity contribution is 6.36. The van der Waals surface area contributed by atoms with Gasteiger partial charge >= 0.3 is 0 Å². The lowest BCUT2D eigenvalue weighted by Gasteiger charge is -2.31. The Bertz CT molecular complexity index is 903. The number of benzene rings is 1. The molecule has 0 saturated carbocycles. The number of rotatable bonds is 8. The minimum absolute atomic E-state index is 0.0135. The molecule has 0 radical (unpaired) electrons. The van der Waals surface area contributed by atoms with E-state index in [4.69, 9.17) is 23.2 Å². The molecular formula is C23H27Cl2N3O4. The van der Waals surface area contributed by atoms with Crippen molar-refractivity contribution in [3.05, 3.63) is 46.0 Å². The number of carbonyl (C=O) groups excluding carboxylic acids is 4. The Morgan fingerprint density at radius 3 is 2.19 bits per heavy atom. The molecule has 3 rings (SSSR count). The van der Waals surface area contributed by atoms with Crippen molar-refractivity contribution in [2.45, 2.75) is 45.2 Å². The molecular weight excluding hydrogens is 453 g/mol. The first-order valence-corrected chi connectivity index (χ1v) is 11.5. The van der Waals surface area contributed by atoms with Crippen LogP contribution in [-0.2, 0) is 25.7 Å². The number of nitrogens with zero attached hydrogens (tertiary/aromatic N) is 2. The van der Waals surface area contributed by atoms with E-state index in [-0.39, 0.29) is 55.0 Å². The molecule has 1 saturated heterocycles. The number of nitrogens with one attached hydrogen (secondary N) is 1. The van der Waals surface area contributed by atoms with E-state index in [1.165, 1.54) is 16.8 Å². The summed E-state index contributed by atoms with van der Waals surface area (Å²) in [6, 6.07) is 4.30. The third-order valence-electron chi connectivity index (χ3n) is 6.17. The molecule has 1 heterocycles. The number of carbonyl (C=O) groups is 4. The number of hydrogen-bond donors (Lipinski definition) is 1. The maximum absolute atomic E-state index is 13.3. The molecule has 1 aliphatic heterocycles. The summed E-state index contributed by atoms with van der Waals surface area (Å²) in [6.45, 7) is 1.83. The predicted octanol–water partition coefficient (Wildman–Crippen LogP) is 3.19. The summed E-state index contributed by atoms with van der Waals surface area (Å²) < 4.78 is 0. The van der Waals surface area contributed by atoms with Crippen LogP contribution in [0.15, 0.2) is 30.4 Å². The number of allylic oxidation sites excluding steroid dienone is 2. The van der Waals surface area contributed by atoms with Gasteiger partial charge in [-0.15, -0.1) is 0 Å². The fourth-order valence-corrected chi connectivity index (χ4v) is 4.90. The van der Waals surface area contributed by atoms with Gasteiger partial charge in [-0.1, -0.05) is 48.3 Å². The molecule has 1 aromatic carbocycles. The zero-order chi connectivity index (χ0) is 23.4. The standard InChI is InChI=1S/C23H27Cl2N3O4/c1-3-19(21(30)26-2)28(13-16-17(24)9-6-10-18(16)25)20(29)11-12-27-22(31)14-7-4-5-8-15(14)23(27)32/h4-6,9-10,14-15,19H,3,7-8,11-13H2,1-2H3,(H,26,30)/t14-,15+,19-/m0/s1. The van der Waals surface area contributed by atoms with Crippen LogP contribution in [-0.4, -0.2) is 53.1 Å². The third-order valence-corrected chi connectivity index (χ3v) is 6.88. The molecule has 0 unspecified atom stereocenters. The zero-order valence-corrected chi connectivity index (χ0v) is 19.7. The Kier molecular flexibility index (Phi) is 7.96. The van der Waals surface area contributed by atoms with Crippen molar-refractivity contribution >= 4 is 46.8 Å². The number of likely N-dealkylation sites (tertiary alicyclic amines) is 1. The van der Waals surface area contributed by atoms with E-state index in [0.717, 1.165) is 0 Å². The van der Waals surface area contributed by atoms with Crippen molar-refractivity contribution in [3.8, 4) is 0 Å². The van der Waals surface area contributed by atoms with Gasteiger partial charge in [0.25, 0.3) is 0 Å². The van der Waals surface area contributed by atoms with E-state index in [1.54, 1.807) is 25.1 Å². The summed E-state index contributed by atoms with van der Waals surface area (Å²) in [6.07, 6.45) is 5.23. The van der Waals surface area contributed by atoms with Gasteiger partial charge in [-0.3, -0.25) is 24.1 Å². The molecule has 1 aliphatic carbocycles. The molecule has 0 aromatic heterocycles. The highest BCUT2D eigenvalue weighted by Gasteiger charge is 2.47. The number of hydrogen-bond acceptors (Lipinski definition) is 4. The number of fused-ring (bicyclic) bond motifs is 1. The van der Waals surface area contributed by atoms with Crippen LogP contribution in [0.4, 0.5) is 0 Å². The zero-order valence-electron chi connectivity index (χ0n) is 18.1. The van der Waals surface area contributed by atoms with Gasteiger partial charge in [-0.25, -0.2) is 0 Å². The second-order valence-corrected chi connectivity index (χ2v) is 8.81. The van der Waals surface area contributed by atoms with Crippen LogP contribution >= 0.6 is 23.2 Å². The number of imide groups is 1. The summed E-state index contributed by atoms with van der Waals surface area (Å²) >= 11 is 12.6. The normalized spacial score (nSPS) is 20.8. The first-order chi connectivity index (χ1) is 15.3. The van der Waals surface area contributed by atoms with Gasteiger partial charge in [-0.05, 0) is 31.4 Å². The first-order valence-electron chi connectivity index (χ1n) is 10.7. The lowest BCUT2D eigenvalue weighted by Crippen LogP contribution is -2.49. The molecule has 1 N–H and O–H groups in total. The molecule has 0 bridgehead atoms. The van der Waals surface area contributed by atoms with Crippen LogP contribution in [0.3, 0.4) is 0 Å². The largest absolute Gasteiger partial charge is 0.357 e. The second-order valence-electron chi connectivity index (χ2n) is 7.99. The Hall–Kier alpha value is -2.38. The third kappa shape index (κ3) is 4.84. The molecule has 1 aromatic rings. The highest BCUT2D eigenvalue weighted by Crippen LogP contribution is 2.35. The quantitative estimate of drug-likeness (QED) is 0.458. The van der Waals surface area contributed by atoms with Crippen LogP contribution in [0.5, 0.6) is 0 Å². The minimum Gasteiger partial charge on any atom is -0.357 e. The van der Waals surface area contributed by atoms with Gasteiger partial charge in [0.15, 0.2) is 0 Å². The summed E-state index contributed by atoms with van der Waals surface area (Å²) in [5.74, 6) is -1.79. The molecule has 4 amide bonds. The van der Waals surface area contributed by atoms with Gasteiger partial charge in [0.2, 0.25) is 23.6 Å². The first kappa shape index (κ1) is 24.3. The topological polar surface area (TPSA) is 86.8 Å². The summed E-state index contributed by atoms with van der Waals surface area (Å²) in [5.41, 5.74) is 0.539. The molecule has 3 atom stereocenters. The lowest BCUT2D eigenvalue weighted by molar-refractivity contribution is -0.144.